The van der Waals surface area contributed by atoms with Gasteiger partial charge >= 0.3 is 0 Å². The van der Waals surface area contributed by atoms with E-state index < -0.39 is 0 Å². The van der Waals surface area contributed by atoms with Crippen LogP contribution in [-0.4, -0.2) is 24.1 Å². The third-order valence-corrected chi connectivity index (χ3v) is 6.19. The zero-order chi connectivity index (χ0) is 22.5. The van der Waals surface area contributed by atoms with Gasteiger partial charge in [-0.2, -0.15) is 0 Å². The molecular weight excluding hydrogens is 420 g/mol. The molecule has 0 bridgehead atoms. The van der Waals surface area contributed by atoms with Crippen molar-refractivity contribution in [2.24, 2.45) is 0 Å². The van der Waals surface area contributed by atoms with Gasteiger partial charge in [0.1, 0.15) is 5.75 Å². The number of benzene rings is 3. The van der Waals surface area contributed by atoms with Crippen molar-refractivity contribution in [3.8, 4) is 5.75 Å². The van der Waals surface area contributed by atoms with Crippen molar-refractivity contribution >= 4 is 39.3 Å². The zero-order valence-electron chi connectivity index (χ0n) is 18.7. The Kier molecular flexibility index (Phi) is 7.01. The Morgan fingerprint density at radius 3 is 2.53 bits per heavy atom. The van der Waals surface area contributed by atoms with E-state index in [1.54, 1.807) is 7.11 Å². The number of carbonyl (C=O) groups excluding carboxylic acids is 1. The molecule has 32 heavy (non-hydrogen) atoms. The SMILES string of the molecule is CCCCCn1c2ccc(C(=O)NCCc3ccc(Cl)cc3)cc2c2ccc(OC)cc21. The fourth-order valence-electron chi connectivity index (χ4n) is 4.18. The summed E-state index contributed by atoms with van der Waals surface area (Å²) in [7, 11) is 1.69. The van der Waals surface area contributed by atoms with Crippen LogP contribution in [0.2, 0.25) is 5.02 Å². The summed E-state index contributed by atoms with van der Waals surface area (Å²) in [6, 6.07) is 19.9. The summed E-state index contributed by atoms with van der Waals surface area (Å²) in [5.41, 5.74) is 4.13. The maximum atomic E-state index is 12.8. The van der Waals surface area contributed by atoms with Crippen LogP contribution in [0, 0.1) is 0 Å². The van der Waals surface area contributed by atoms with Gasteiger partial charge in [-0.25, -0.2) is 0 Å². The van der Waals surface area contributed by atoms with Gasteiger partial charge in [-0.15, -0.1) is 0 Å². The van der Waals surface area contributed by atoms with Crippen molar-refractivity contribution in [1.29, 1.82) is 0 Å². The third-order valence-electron chi connectivity index (χ3n) is 5.93. The van der Waals surface area contributed by atoms with Crippen LogP contribution in [0.4, 0.5) is 0 Å². The molecule has 1 heterocycles. The number of halogens is 1. The molecule has 3 aromatic carbocycles. The highest BCUT2D eigenvalue weighted by Crippen LogP contribution is 2.32. The number of unbranched alkanes of at least 4 members (excludes halogenated alkanes) is 2. The molecule has 4 nitrogen and oxygen atoms in total. The summed E-state index contributed by atoms with van der Waals surface area (Å²) in [5.74, 6) is 0.790. The molecular formula is C27H29ClN2O2. The van der Waals surface area contributed by atoms with E-state index in [9.17, 15) is 4.79 Å². The quantitative estimate of drug-likeness (QED) is 0.292. The van der Waals surface area contributed by atoms with Gasteiger partial charge in [0.25, 0.3) is 5.91 Å². The van der Waals surface area contributed by atoms with Gasteiger partial charge in [-0.3, -0.25) is 4.79 Å². The number of amides is 1. The Balaban J connectivity index is 1.58. The molecule has 5 heteroatoms. The zero-order valence-corrected chi connectivity index (χ0v) is 19.4. The highest BCUT2D eigenvalue weighted by molar-refractivity contribution is 6.30. The number of aromatic nitrogens is 1. The van der Waals surface area contributed by atoms with Crippen LogP contribution < -0.4 is 10.1 Å². The van der Waals surface area contributed by atoms with E-state index in [2.05, 4.69) is 35.0 Å². The molecule has 0 radical (unpaired) electrons. The van der Waals surface area contributed by atoms with Crippen LogP contribution in [0.3, 0.4) is 0 Å². The lowest BCUT2D eigenvalue weighted by molar-refractivity contribution is 0.0954. The fourth-order valence-corrected chi connectivity index (χ4v) is 4.31. The van der Waals surface area contributed by atoms with E-state index in [1.807, 2.05) is 42.5 Å². The number of ether oxygens (including phenoxy) is 1. The van der Waals surface area contributed by atoms with Crippen LogP contribution in [-0.2, 0) is 13.0 Å². The van der Waals surface area contributed by atoms with Crippen molar-refractivity contribution in [3.05, 3.63) is 76.8 Å². The second-order valence-corrected chi connectivity index (χ2v) is 8.54. The van der Waals surface area contributed by atoms with Crippen molar-refractivity contribution in [1.82, 2.24) is 9.88 Å². The molecule has 4 aromatic rings. The number of hydrogen-bond acceptors (Lipinski definition) is 2. The highest BCUT2D eigenvalue weighted by Gasteiger charge is 2.14. The number of nitrogens with zero attached hydrogens (tertiary/aromatic N) is 1. The predicted molar refractivity (Wildman–Crippen MR) is 133 cm³/mol. The molecule has 0 aliphatic carbocycles. The maximum absolute atomic E-state index is 12.8. The van der Waals surface area contributed by atoms with Gasteiger partial charge in [-0.1, -0.05) is 43.5 Å². The lowest BCUT2D eigenvalue weighted by Gasteiger charge is -2.09. The first kappa shape index (κ1) is 22.2. The smallest absolute Gasteiger partial charge is 0.251 e. The van der Waals surface area contributed by atoms with E-state index in [-0.39, 0.29) is 5.91 Å². The summed E-state index contributed by atoms with van der Waals surface area (Å²) in [6.45, 7) is 3.74. The minimum absolute atomic E-state index is 0.0544. The monoisotopic (exact) mass is 448 g/mol. The summed E-state index contributed by atoms with van der Waals surface area (Å²) in [4.78, 5) is 12.8. The number of rotatable bonds is 9. The molecule has 0 saturated heterocycles. The standard InChI is InChI=1S/C27H29ClN2O2/c1-3-4-5-16-30-25-13-8-20(17-24(25)23-12-11-22(32-2)18-26(23)30)27(31)29-15-14-19-6-9-21(28)10-7-19/h6-13,17-18H,3-5,14-16H2,1-2H3,(H,29,31). The number of aryl methyl sites for hydroxylation is 1. The minimum atomic E-state index is -0.0544. The van der Waals surface area contributed by atoms with Crippen LogP contribution in [0.1, 0.15) is 42.1 Å². The summed E-state index contributed by atoms with van der Waals surface area (Å²) in [6.07, 6.45) is 4.27. The molecule has 0 aliphatic rings. The lowest BCUT2D eigenvalue weighted by atomic mass is 10.1. The molecule has 1 aromatic heterocycles. The van der Waals surface area contributed by atoms with Crippen LogP contribution in [0.15, 0.2) is 60.7 Å². The molecule has 0 aliphatic heterocycles. The Morgan fingerprint density at radius 1 is 0.969 bits per heavy atom. The summed E-state index contributed by atoms with van der Waals surface area (Å²) >= 11 is 5.94. The topological polar surface area (TPSA) is 43.3 Å². The van der Waals surface area contributed by atoms with Crippen LogP contribution in [0.5, 0.6) is 5.75 Å². The molecule has 1 N–H and O–H groups in total. The van der Waals surface area contributed by atoms with Gasteiger partial charge < -0.3 is 14.6 Å². The Bertz CT molecular complexity index is 1230. The van der Waals surface area contributed by atoms with E-state index in [1.165, 1.54) is 12.8 Å². The van der Waals surface area contributed by atoms with Crippen molar-refractivity contribution in [3.63, 3.8) is 0 Å². The van der Waals surface area contributed by atoms with Gasteiger partial charge in [0, 0.05) is 46.0 Å². The molecule has 0 spiro atoms. The Labute approximate surface area is 194 Å². The van der Waals surface area contributed by atoms with Crippen LogP contribution >= 0.6 is 11.6 Å². The number of nitrogens with one attached hydrogen (secondary N) is 1. The van der Waals surface area contributed by atoms with E-state index in [0.29, 0.717) is 12.1 Å². The molecule has 1 amide bonds. The third kappa shape index (κ3) is 4.76. The largest absolute Gasteiger partial charge is 0.497 e. The molecule has 0 fully saturated rings. The van der Waals surface area contributed by atoms with Crippen molar-refractivity contribution in [2.45, 2.75) is 39.2 Å². The van der Waals surface area contributed by atoms with E-state index in [4.69, 9.17) is 16.3 Å². The van der Waals surface area contributed by atoms with Gasteiger partial charge in [0.15, 0.2) is 0 Å². The number of hydrogen-bond donors (Lipinski definition) is 1. The second kappa shape index (κ2) is 10.1. The highest BCUT2D eigenvalue weighted by atomic mass is 35.5. The molecule has 0 unspecified atom stereocenters. The summed E-state index contributed by atoms with van der Waals surface area (Å²) in [5, 5.41) is 6.01. The average molecular weight is 449 g/mol. The van der Waals surface area contributed by atoms with Gasteiger partial charge in [0.05, 0.1) is 12.6 Å². The van der Waals surface area contributed by atoms with Gasteiger partial charge in [-0.05, 0) is 60.9 Å². The molecule has 0 saturated carbocycles. The first-order valence-electron chi connectivity index (χ1n) is 11.2. The first-order valence-corrected chi connectivity index (χ1v) is 11.6. The van der Waals surface area contributed by atoms with Gasteiger partial charge in [0.2, 0.25) is 0 Å². The van der Waals surface area contributed by atoms with E-state index >= 15 is 0 Å². The lowest BCUT2D eigenvalue weighted by Crippen LogP contribution is -2.25. The summed E-state index contributed by atoms with van der Waals surface area (Å²) < 4.78 is 7.82. The fraction of sp³-hybridized carbons (Fsp3) is 0.296. The number of methoxy groups -OCH3 is 1. The normalized spacial score (nSPS) is 11.2. The second-order valence-electron chi connectivity index (χ2n) is 8.11. The minimum Gasteiger partial charge on any atom is -0.497 e. The Hall–Kier alpha value is -2.98. The van der Waals surface area contributed by atoms with Crippen molar-refractivity contribution in [2.75, 3.05) is 13.7 Å². The Morgan fingerprint density at radius 2 is 1.78 bits per heavy atom. The predicted octanol–water partition coefficient (Wildman–Crippen LogP) is 6.62. The molecule has 0 atom stereocenters. The number of fused-ring (bicyclic) bond motifs is 3. The van der Waals surface area contributed by atoms with E-state index in [0.717, 1.165) is 57.5 Å². The number of carbonyl (C=O) groups is 1. The average Bonchev–Trinajstić information content (AvgIpc) is 3.12. The first-order chi connectivity index (χ1) is 15.6. The molecule has 4 rings (SSSR count). The molecule has 166 valence electrons. The van der Waals surface area contributed by atoms with Crippen molar-refractivity contribution < 1.29 is 9.53 Å². The maximum Gasteiger partial charge on any atom is 0.251 e. The van der Waals surface area contributed by atoms with Crippen LogP contribution in [0.25, 0.3) is 21.8 Å².